The van der Waals surface area contributed by atoms with Crippen molar-refractivity contribution in [1.82, 2.24) is 0 Å². The van der Waals surface area contributed by atoms with E-state index in [0.717, 1.165) is 23.6 Å². The maximum atomic E-state index is 9.29. The van der Waals surface area contributed by atoms with E-state index in [1.165, 1.54) is 6.42 Å². The third-order valence-corrected chi connectivity index (χ3v) is 3.01. The van der Waals surface area contributed by atoms with Crippen LogP contribution in [0.2, 0.25) is 0 Å². The van der Waals surface area contributed by atoms with Crippen molar-refractivity contribution >= 4 is 10.8 Å². The number of hydrogen-bond donors (Lipinski definition) is 0. The van der Waals surface area contributed by atoms with Crippen LogP contribution in [-0.4, -0.2) is 6.61 Å². The Morgan fingerprint density at radius 3 is 2.72 bits per heavy atom. The van der Waals surface area contributed by atoms with E-state index in [9.17, 15) is 5.26 Å². The van der Waals surface area contributed by atoms with Crippen molar-refractivity contribution in [3.8, 4) is 11.8 Å². The summed E-state index contributed by atoms with van der Waals surface area (Å²) in [5.41, 5.74) is 0.643. The highest BCUT2D eigenvalue weighted by molar-refractivity contribution is 5.90. The molecule has 2 heteroatoms. The van der Waals surface area contributed by atoms with Crippen molar-refractivity contribution in [2.75, 3.05) is 6.61 Å². The second-order valence-electron chi connectivity index (χ2n) is 4.33. The predicted octanol–water partition coefficient (Wildman–Crippen LogP) is 4.28. The quantitative estimate of drug-likeness (QED) is 0.729. The lowest BCUT2D eigenvalue weighted by Crippen LogP contribution is -1.99. The standard InChI is InChI=1S/C16H17NO/c1-2-3-6-11-18-16-10-9-13-7-4-5-8-14(13)15(16)12-17/h4-5,7-10H,2-3,6,11H2,1H3. The largest absolute Gasteiger partial charge is 0.492 e. The minimum absolute atomic E-state index is 0.643. The van der Waals surface area contributed by atoms with Crippen molar-refractivity contribution in [3.63, 3.8) is 0 Å². The number of nitriles is 1. The van der Waals surface area contributed by atoms with Crippen molar-refractivity contribution in [2.45, 2.75) is 26.2 Å². The van der Waals surface area contributed by atoms with E-state index >= 15 is 0 Å². The molecule has 0 unspecified atom stereocenters. The first-order valence-corrected chi connectivity index (χ1v) is 6.41. The van der Waals surface area contributed by atoms with Gasteiger partial charge in [0.15, 0.2) is 0 Å². The fourth-order valence-electron chi connectivity index (χ4n) is 2.02. The van der Waals surface area contributed by atoms with Crippen LogP contribution in [0.1, 0.15) is 31.7 Å². The lowest BCUT2D eigenvalue weighted by Gasteiger charge is -2.09. The molecule has 18 heavy (non-hydrogen) atoms. The zero-order valence-electron chi connectivity index (χ0n) is 10.6. The predicted molar refractivity (Wildman–Crippen MR) is 73.7 cm³/mol. The molecular weight excluding hydrogens is 222 g/mol. The molecule has 0 atom stereocenters. The molecule has 0 radical (unpaired) electrons. The molecule has 0 aliphatic heterocycles. The van der Waals surface area contributed by atoms with Crippen LogP contribution >= 0.6 is 0 Å². The molecular formula is C16H17NO. The van der Waals surface area contributed by atoms with Crippen LogP contribution in [0.25, 0.3) is 10.8 Å². The number of unbranched alkanes of at least 4 members (excludes halogenated alkanes) is 2. The molecule has 0 amide bonds. The third-order valence-electron chi connectivity index (χ3n) is 3.01. The topological polar surface area (TPSA) is 33.0 Å². The lowest BCUT2D eigenvalue weighted by molar-refractivity contribution is 0.306. The summed E-state index contributed by atoms with van der Waals surface area (Å²) in [5.74, 6) is 0.701. The van der Waals surface area contributed by atoms with Crippen LogP contribution in [0, 0.1) is 11.3 Å². The average molecular weight is 239 g/mol. The molecule has 0 aliphatic rings. The minimum Gasteiger partial charge on any atom is -0.492 e. The van der Waals surface area contributed by atoms with Crippen LogP contribution in [0.4, 0.5) is 0 Å². The van der Waals surface area contributed by atoms with Gasteiger partial charge < -0.3 is 4.74 Å². The first-order valence-electron chi connectivity index (χ1n) is 6.41. The van der Waals surface area contributed by atoms with Gasteiger partial charge in [0, 0.05) is 5.39 Å². The van der Waals surface area contributed by atoms with Gasteiger partial charge in [-0.3, -0.25) is 0 Å². The number of fused-ring (bicyclic) bond motifs is 1. The van der Waals surface area contributed by atoms with Crippen molar-refractivity contribution in [3.05, 3.63) is 42.0 Å². The van der Waals surface area contributed by atoms with Crippen LogP contribution < -0.4 is 4.74 Å². The smallest absolute Gasteiger partial charge is 0.137 e. The van der Waals surface area contributed by atoms with E-state index in [1.54, 1.807) is 0 Å². The Morgan fingerprint density at radius 1 is 1.11 bits per heavy atom. The lowest BCUT2D eigenvalue weighted by atomic mass is 10.0. The van der Waals surface area contributed by atoms with E-state index in [4.69, 9.17) is 4.74 Å². The molecule has 0 fully saturated rings. The van der Waals surface area contributed by atoms with Crippen LogP contribution in [-0.2, 0) is 0 Å². The molecule has 0 saturated heterocycles. The molecule has 0 aromatic heterocycles. The monoisotopic (exact) mass is 239 g/mol. The molecule has 0 spiro atoms. The van der Waals surface area contributed by atoms with Crippen molar-refractivity contribution in [1.29, 1.82) is 5.26 Å². The van der Waals surface area contributed by atoms with Gasteiger partial charge in [-0.25, -0.2) is 0 Å². The average Bonchev–Trinajstić information content (AvgIpc) is 2.43. The molecule has 0 heterocycles. The summed E-state index contributed by atoms with van der Waals surface area (Å²) in [4.78, 5) is 0. The summed E-state index contributed by atoms with van der Waals surface area (Å²) in [6.45, 7) is 2.84. The molecule has 0 aliphatic carbocycles. The highest BCUT2D eigenvalue weighted by Gasteiger charge is 2.07. The van der Waals surface area contributed by atoms with E-state index in [-0.39, 0.29) is 0 Å². The Hall–Kier alpha value is -2.01. The number of nitrogens with zero attached hydrogens (tertiary/aromatic N) is 1. The second kappa shape index (κ2) is 6.07. The van der Waals surface area contributed by atoms with Gasteiger partial charge in [0.1, 0.15) is 17.4 Å². The zero-order chi connectivity index (χ0) is 12.8. The Balaban J connectivity index is 2.25. The van der Waals surface area contributed by atoms with Crippen LogP contribution in [0.5, 0.6) is 5.75 Å². The Labute approximate surface area is 108 Å². The molecule has 0 N–H and O–H groups in total. The van der Waals surface area contributed by atoms with E-state index in [2.05, 4.69) is 13.0 Å². The van der Waals surface area contributed by atoms with Gasteiger partial charge >= 0.3 is 0 Å². The van der Waals surface area contributed by atoms with Gasteiger partial charge in [0.05, 0.1) is 6.61 Å². The maximum absolute atomic E-state index is 9.29. The fourth-order valence-corrected chi connectivity index (χ4v) is 2.02. The number of ether oxygens (including phenoxy) is 1. The highest BCUT2D eigenvalue weighted by atomic mass is 16.5. The Kier molecular flexibility index (Phi) is 4.20. The third kappa shape index (κ3) is 2.62. The minimum atomic E-state index is 0.643. The first kappa shape index (κ1) is 12.4. The molecule has 0 saturated carbocycles. The van der Waals surface area contributed by atoms with E-state index in [1.807, 2.05) is 36.4 Å². The molecule has 2 nitrogen and oxygen atoms in total. The van der Waals surface area contributed by atoms with Gasteiger partial charge in [-0.2, -0.15) is 5.26 Å². The number of benzene rings is 2. The summed E-state index contributed by atoms with van der Waals surface area (Å²) >= 11 is 0. The van der Waals surface area contributed by atoms with Gasteiger partial charge in [-0.05, 0) is 17.9 Å². The zero-order valence-corrected chi connectivity index (χ0v) is 10.6. The van der Waals surface area contributed by atoms with Crippen molar-refractivity contribution < 1.29 is 4.74 Å². The van der Waals surface area contributed by atoms with Gasteiger partial charge in [-0.1, -0.05) is 50.1 Å². The van der Waals surface area contributed by atoms with Gasteiger partial charge in [-0.15, -0.1) is 0 Å². The van der Waals surface area contributed by atoms with Crippen molar-refractivity contribution in [2.24, 2.45) is 0 Å². The summed E-state index contributed by atoms with van der Waals surface area (Å²) < 4.78 is 5.72. The number of hydrogen-bond acceptors (Lipinski definition) is 2. The highest BCUT2D eigenvalue weighted by Crippen LogP contribution is 2.27. The SMILES string of the molecule is CCCCCOc1ccc2ccccc2c1C#N. The number of rotatable bonds is 5. The van der Waals surface area contributed by atoms with Crippen LogP contribution in [0.3, 0.4) is 0 Å². The molecule has 2 aromatic carbocycles. The summed E-state index contributed by atoms with van der Waals surface area (Å²) in [5, 5.41) is 11.3. The van der Waals surface area contributed by atoms with E-state index in [0.29, 0.717) is 17.9 Å². The summed E-state index contributed by atoms with van der Waals surface area (Å²) in [7, 11) is 0. The maximum Gasteiger partial charge on any atom is 0.137 e. The van der Waals surface area contributed by atoms with Gasteiger partial charge in [0.2, 0.25) is 0 Å². The first-order chi connectivity index (χ1) is 8.86. The molecule has 2 rings (SSSR count). The Morgan fingerprint density at radius 2 is 1.94 bits per heavy atom. The summed E-state index contributed by atoms with van der Waals surface area (Å²) in [6.07, 6.45) is 3.37. The van der Waals surface area contributed by atoms with Crippen LogP contribution in [0.15, 0.2) is 36.4 Å². The van der Waals surface area contributed by atoms with Gasteiger partial charge in [0.25, 0.3) is 0 Å². The summed E-state index contributed by atoms with van der Waals surface area (Å²) in [6, 6.07) is 14.1. The molecule has 0 bridgehead atoms. The van der Waals surface area contributed by atoms with E-state index < -0.39 is 0 Å². The molecule has 92 valence electrons. The Bertz CT molecular complexity index is 569. The fraction of sp³-hybridized carbons (Fsp3) is 0.312. The normalized spacial score (nSPS) is 10.2. The second-order valence-corrected chi connectivity index (χ2v) is 4.33. The molecule has 2 aromatic rings.